The molecule has 4 nitrogen and oxygen atoms in total. The van der Waals surface area contributed by atoms with Crippen LogP contribution >= 0.6 is 0 Å². The fraction of sp³-hybridized carbons (Fsp3) is 1.00. The normalized spacial score (nSPS) is 11.6. The quantitative estimate of drug-likeness (QED) is 0.0659. The summed E-state index contributed by atoms with van der Waals surface area (Å²) in [5.41, 5.74) is 0. The first-order valence-electron chi connectivity index (χ1n) is 19.2. The van der Waals surface area contributed by atoms with E-state index in [1.807, 2.05) is 0 Å². The zero-order chi connectivity index (χ0) is 30.3. The van der Waals surface area contributed by atoms with Crippen molar-refractivity contribution in [3.05, 3.63) is 0 Å². The van der Waals surface area contributed by atoms with Gasteiger partial charge in [-0.15, -0.1) is 0 Å². The molecule has 0 fully saturated rings. The van der Waals surface area contributed by atoms with Gasteiger partial charge in [-0.3, -0.25) is 0 Å². The van der Waals surface area contributed by atoms with E-state index in [1.54, 1.807) is 0 Å². The van der Waals surface area contributed by atoms with Crippen molar-refractivity contribution in [1.29, 1.82) is 0 Å². The Balaban J connectivity index is 3.02. The van der Waals surface area contributed by atoms with Crippen LogP contribution in [-0.4, -0.2) is 52.9 Å². The van der Waals surface area contributed by atoms with E-state index in [0.717, 1.165) is 13.2 Å². The Morgan fingerprint density at radius 1 is 0.190 bits per heavy atom. The summed E-state index contributed by atoms with van der Waals surface area (Å²) < 4.78 is 22.6. The van der Waals surface area contributed by atoms with E-state index in [-0.39, 0.29) is 0 Å². The fourth-order valence-corrected chi connectivity index (χ4v) is 5.56. The van der Waals surface area contributed by atoms with Crippen LogP contribution in [-0.2, 0) is 18.9 Å². The summed E-state index contributed by atoms with van der Waals surface area (Å²) in [6, 6.07) is 0. The summed E-state index contributed by atoms with van der Waals surface area (Å²) in [4.78, 5) is 0. The van der Waals surface area contributed by atoms with E-state index in [0.29, 0.717) is 39.6 Å². The number of ether oxygens (including phenoxy) is 4. The maximum Gasteiger partial charge on any atom is 0.0701 e. The van der Waals surface area contributed by atoms with Crippen molar-refractivity contribution in [2.24, 2.45) is 0 Å². The Hall–Kier alpha value is -0.160. The SMILES string of the molecule is CCCCCCCCCCCCCCCCOCCOCCOCCOCCCCCCCCCCCCCCCC. The topological polar surface area (TPSA) is 36.9 Å². The number of hydrogen-bond acceptors (Lipinski definition) is 4. The maximum atomic E-state index is 5.70. The van der Waals surface area contributed by atoms with Crippen LogP contribution in [0.15, 0.2) is 0 Å². The van der Waals surface area contributed by atoms with Gasteiger partial charge in [-0.2, -0.15) is 0 Å². The molecular formula is C38H78O4. The molecule has 0 spiro atoms. The van der Waals surface area contributed by atoms with Gasteiger partial charge in [-0.1, -0.05) is 181 Å². The van der Waals surface area contributed by atoms with E-state index in [9.17, 15) is 0 Å². The molecule has 0 aliphatic rings. The smallest absolute Gasteiger partial charge is 0.0701 e. The van der Waals surface area contributed by atoms with Gasteiger partial charge in [-0.05, 0) is 12.8 Å². The average Bonchev–Trinajstić information content (AvgIpc) is 3.00. The summed E-state index contributed by atoms with van der Waals surface area (Å²) >= 11 is 0. The van der Waals surface area contributed by atoms with Crippen molar-refractivity contribution in [2.75, 3.05) is 52.9 Å². The zero-order valence-corrected chi connectivity index (χ0v) is 29.1. The van der Waals surface area contributed by atoms with Crippen molar-refractivity contribution >= 4 is 0 Å². The van der Waals surface area contributed by atoms with E-state index in [4.69, 9.17) is 18.9 Å². The van der Waals surface area contributed by atoms with Crippen molar-refractivity contribution in [1.82, 2.24) is 0 Å². The standard InChI is InChI=1S/C38H78O4/c1-3-5-7-9-11-13-15-17-19-21-23-25-27-29-31-39-33-35-41-37-38-42-36-34-40-32-30-28-26-24-22-20-18-16-14-12-10-8-6-4-2/h3-38H2,1-2H3. The van der Waals surface area contributed by atoms with Crippen LogP contribution in [0.1, 0.15) is 194 Å². The van der Waals surface area contributed by atoms with E-state index < -0.39 is 0 Å². The lowest BCUT2D eigenvalue weighted by molar-refractivity contribution is -0.00248. The third-order valence-electron chi connectivity index (χ3n) is 8.40. The Kier molecular flexibility index (Phi) is 40.7. The second kappa shape index (κ2) is 40.8. The minimum absolute atomic E-state index is 0.640. The Labute approximate surface area is 265 Å². The monoisotopic (exact) mass is 599 g/mol. The highest BCUT2D eigenvalue weighted by molar-refractivity contribution is 4.51. The Bertz CT molecular complexity index is 405. The molecule has 254 valence electrons. The molecule has 0 heterocycles. The van der Waals surface area contributed by atoms with Gasteiger partial charge in [0, 0.05) is 13.2 Å². The first-order valence-corrected chi connectivity index (χ1v) is 19.2. The molecule has 0 unspecified atom stereocenters. The summed E-state index contributed by atoms with van der Waals surface area (Å²) in [6.45, 7) is 10.3. The molecule has 0 radical (unpaired) electrons. The van der Waals surface area contributed by atoms with Crippen LogP contribution in [0.2, 0.25) is 0 Å². The van der Waals surface area contributed by atoms with E-state index in [2.05, 4.69) is 13.8 Å². The van der Waals surface area contributed by atoms with Crippen molar-refractivity contribution < 1.29 is 18.9 Å². The van der Waals surface area contributed by atoms with Crippen LogP contribution in [0, 0.1) is 0 Å². The third-order valence-corrected chi connectivity index (χ3v) is 8.40. The molecule has 4 heteroatoms. The molecule has 0 aromatic rings. The molecule has 0 saturated carbocycles. The van der Waals surface area contributed by atoms with Gasteiger partial charge in [0.05, 0.1) is 39.6 Å². The summed E-state index contributed by atoms with van der Waals surface area (Å²) in [5.74, 6) is 0. The van der Waals surface area contributed by atoms with Crippen molar-refractivity contribution in [3.63, 3.8) is 0 Å². The second-order valence-electron chi connectivity index (χ2n) is 12.6. The number of rotatable bonds is 39. The number of hydrogen-bond donors (Lipinski definition) is 0. The summed E-state index contributed by atoms with van der Waals surface area (Å²) in [7, 11) is 0. The van der Waals surface area contributed by atoms with Crippen molar-refractivity contribution in [3.8, 4) is 0 Å². The van der Waals surface area contributed by atoms with Crippen LogP contribution < -0.4 is 0 Å². The summed E-state index contributed by atoms with van der Waals surface area (Å²) in [5, 5.41) is 0. The minimum atomic E-state index is 0.640. The molecule has 0 N–H and O–H groups in total. The van der Waals surface area contributed by atoms with Gasteiger partial charge in [-0.25, -0.2) is 0 Å². The van der Waals surface area contributed by atoms with Crippen LogP contribution in [0.4, 0.5) is 0 Å². The third kappa shape index (κ3) is 39.8. The second-order valence-corrected chi connectivity index (χ2v) is 12.6. The molecule has 0 rings (SSSR count). The minimum Gasteiger partial charge on any atom is -0.379 e. The lowest BCUT2D eigenvalue weighted by Crippen LogP contribution is -2.12. The molecular weight excluding hydrogens is 520 g/mol. The molecule has 0 aromatic heterocycles. The summed E-state index contributed by atoms with van der Waals surface area (Å²) in [6.07, 6.45) is 39.1. The van der Waals surface area contributed by atoms with Crippen molar-refractivity contribution in [2.45, 2.75) is 194 Å². The first kappa shape index (κ1) is 41.8. The Morgan fingerprint density at radius 2 is 0.357 bits per heavy atom. The van der Waals surface area contributed by atoms with Gasteiger partial charge in [0.1, 0.15) is 0 Å². The largest absolute Gasteiger partial charge is 0.379 e. The van der Waals surface area contributed by atoms with Crippen LogP contribution in [0.25, 0.3) is 0 Å². The molecule has 0 amide bonds. The molecule has 0 atom stereocenters. The molecule has 0 aliphatic carbocycles. The molecule has 0 saturated heterocycles. The predicted molar refractivity (Wildman–Crippen MR) is 184 cm³/mol. The van der Waals surface area contributed by atoms with Gasteiger partial charge in [0.15, 0.2) is 0 Å². The van der Waals surface area contributed by atoms with Gasteiger partial charge >= 0.3 is 0 Å². The lowest BCUT2D eigenvalue weighted by atomic mass is 10.0. The lowest BCUT2D eigenvalue weighted by Gasteiger charge is -2.08. The molecule has 42 heavy (non-hydrogen) atoms. The molecule has 0 bridgehead atoms. The van der Waals surface area contributed by atoms with Crippen LogP contribution in [0.5, 0.6) is 0 Å². The zero-order valence-electron chi connectivity index (χ0n) is 29.1. The first-order chi connectivity index (χ1) is 20.9. The molecule has 0 aromatic carbocycles. The fourth-order valence-electron chi connectivity index (χ4n) is 5.56. The van der Waals surface area contributed by atoms with Gasteiger partial charge in [0.25, 0.3) is 0 Å². The van der Waals surface area contributed by atoms with Gasteiger partial charge in [0.2, 0.25) is 0 Å². The molecule has 0 aliphatic heterocycles. The highest BCUT2D eigenvalue weighted by atomic mass is 16.6. The average molecular weight is 599 g/mol. The predicted octanol–water partition coefficient (Wildman–Crippen LogP) is 12.0. The van der Waals surface area contributed by atoms with Gasteiger partial charge < -0.3 is 18.9 Å². The van der Waals surface area contributed by atoms with Crippen LogP contribution in [0.3, 0.4) is 0 Å². The van der Waals surface area contributed by atoms with E-state index >= 15 is 0 Å². The highest BCUT2D eigenvalue weighted by Crippen LogP contribution is 2.14. The maximum absolute atomic E-state index is 5.70. The highest BCUT2D eigenvalue weighted by Gasteiger charge is 1.97. The Morgan fingerprint density at radius 3 is 0.571 bits per heavy atom. The number of unbranched alkanes of at least 4 members (excludes halogenated alkanes) is 26. The van der Waals surface area contributed by atoms with E-state index in [1.165, 1.54) is 180 Å².